The maximum Gasteiger partial charge on any atom is 0.416 e. The number of hydrogen-bond acceptors (Lipinski definition) is 4. The highest BCUT2D eigenvalue weighted by Gasteiger charge is 2.31. The zero-order valence-electron chi connectivity index (χ0n) is 19.7. The van der Waals surface area contributed by atoms with Crippen LogP contribution in [0.25, 0.3) is 16.7 Å². The average Bonchev–Trinajstić information content (AvgIpc) is 3.53. The lowest BCUT2D eigenvalue weighted by molar-refractivity contribution is -0.137. The number of anilines is 1. The van der Waals surface area contributed by atoms with E-state index in [0.717, 1.165) is 28.8 Å². The molecule has 37 heavy (non-hydrogen) atoms. The van der Waals surface area contributed by atoms with Gasteiger partial charge in [0.25, 0.3) is 5.91 Å². The van der Waals surface area contributed by atoms with Crippen LogP contribution >= 0.6 is 0 Å². The Labute approximate surface area is 209 Å². The molecule has 0 spiro atoms. The van der Waals surface area contributed by atoms with Gasteiger partial charge in [0.05, 0.1) is 11.9 Å². The maximum atomic E-state index is 13.5. The van der Waals surface area contributed by atoms with Gasteiger partial charge in [0.1, 0.15) is 0 Å². The Hall–Kier alpha value is -4.91. The molecule has 0 unspecified atom stereocenters. The summed E-state index contributed by atoms with van der Waals surface area (Å²) in [5.41, 5.74) is 3.22. The summed E-state index contributed by atoms with van der Waals surface area (Å²) in [6, 6.07) is 10.2. The summed E-state index contributed by atoms with van der Waals surface area (Å²) in [6.07, 6.45) is 1.39. The molecule has 5 rings (SSSR count). The maximum absolute atomic E-state index is 13.5. The van der Waals surface area contributed by atoms with E-state index in [1.54, 1.807) is 24.4 Å². The Morgan fingerprint density at radius 3 is 2.68 bits per heavy atom. The van der Waals surface area contributed by atoms with Crippen LogP contribution in [-0.4, -0.2) is 30.6 Å². The fraction of sp³-hybridized carbons (Fsp3) is 0.111. The van der Waals surface area contributed by atoms with Gasteiger partial charge >= 0.3 is 6.18 Å². The molecule has 0 bridgehead atoms. The van der Waals surface area contributed by atoms with E-state index in [1.807, 2.05) is 19.9 Å². The summed E-state index contributed by atoms with van der Waals surface area (Å²) in [7, 11) is 0. The van der Waals surface area contributed by atoms with Crippen LogP contribution in [0.2, 0.25) is 0 Å². The Kier molecular flexibility index (Phi) is 5.97. The number of nitrogens with one attached hydrogen (secondary N) is 2. The third-order valence-corrected chi connectivity index (χ3v) is 5.75. The molecule has 0 saturated carbocycles. The second-order valence-electron chi connectivity index (χ2n) is 8.41. The number of fused-ring (bicyclic) bond motifs is 1. The molecule has 1 amide bonds. The van der Waals surface area contributed by atoms with Crippen molar-refractivity contribution in [3.63, 3.8) is 0 Å². The number of carbonyl (C=O) groups is 1. The third kappa shape index (κ3) is 5.06. The van der Waals surface area contributed by atoms with Crippen LogP contribution in [0.3, 0.4) is 0 Å². The molecule has 0 aliphatic heterocycles. The molecule has 0 fully saturated rings. The molecule has 2 N–H and O–H groups in total. The Bertz CT molecular complexity index is 1690. The number of pyridine rings is 1. The molecule has 10 heteroatoms. The molecule has 7 nitrogen and oxygen atoms in total. The molecule has 0 aliphatic rings. The molecule has 3 aromatic heterocycles. The standard InChI is InChI=1S/C27H19F3N6O/c1-16-3-5-20(10-19(16)6-4-18-9-24-17(2)34-35-25(24)32-14-18)26(37)33-22-11-21(27(28,29)30)12-23(13-22)36-8-7-31-15-36/h3,5,7-15H,1-2H3,(H,33,37)(H,32,34,35). The number of halogens is 3. The zero-order valence-corrected chi connectivity index (χ0v) is 19.7. The number of imidazole rings is 1. The van der Waals surface area contributed by atoms with Crippen LogP contribution in [0, 0.1) is 25.7 Å². The number of benzene rings is 2. The predicted octanol–water partition coefficient (Wildman–Crippen LogP) is 5.43. The van der Waals surface area contributed by atoms with E-state index in [1.165, 1.54) is 29.4 Å². The first-order valence-corrected chi connectivity index (χ1v) is 11.1. The molecule has 184 valence electrons. The zero-order chi connectivity index (χ0) is 26.2. The Morgan fingerprint density at radius 1 is 1.08 bits per heavy atom. The predicted molar refractivity (Wildman–Crippen MR) is 132 cm³/mol. The van der Waals surface area contributed by atoms with Crippen molar-refractivity contribution in [3.05, 3.63) is 101 Å². The minimum Gasteiger partial charge on any atom is -0.322 e. The van der Waals surface area contributed by atoms with Gasteiger partial charge in [0.2, 0.25) is 0 Å². The van der Waals surface area contributed by atoms with E-state index in [4.69, 9.17) is 0 Å². The highest BCUT2D eigenvalue weighted by atomic mass is 19.4. The van der Waals surface area contributed by atoms with Crippen molar-refractivity contribution < 1.29 is 18.0 Å². The summed E-state index contributed by atoms with van der Waals surface area (Å²) in [6.45, 7) is 3.75. The molecule has 2 aromatic carbocycles. The van der Waals surface area contributed by atoms with E-state index >= 15 is 0 Å². The average molecular weight is 500 g/mol. The lowest BCUT2D eigenvalue weighted by atomic mass is 10.0. The monoisotopic (exact) mass is 500 g/mol. The fourth-order valence-corrected chi connectivity index (χ4v) is 3.74. The van der Waals surface area contributed by atoms with E-state index in [2.05, 4.69) is 37.3 Å². The third-order valence-electron chi connectivity index (χ3n) is 5.75. The van der Waals surface area contributed by atoms with Gasteiger partial charge in [-0.3, -0.25) is 9.89 Å². The van der Waals surface area contributed by atoms with Gasteiger partial charge in [-0.2, -0.15) is 18.3 Å². The van der Waals surface area contributed by atoms with Crippen molar-refractivity contribution in [2.45, 2.75) is 20.0 Å². The number of hydrogen-bond donors (Lipinski definition) is 2. The molecular formula is C27H19F3N6O. The summed E-state index contributed by atoms with van der Waals surface area (Å²) in [4.78, 5) is 21.1. The molecule has 0 aliphatic carbocycles. The summed E-state index contributed by atoms with van der Waals surface area (Å²) in [5.74, 6) is 5.56. The van der Waals surface area contributed by atoms with E-state index < -0.39 is 17.6 Å². The number of rotatable bonds is 3. The van der Waals surface area contributed by atoms with Crippen molar-refractivity contribution in [2.24, 2.45) is 0 Å². The minimum absolute atomic E-state index is 0.00610. The van der Waals surface area contributed by atoms with Crippen LogP contribution in [0.1, 0.15) is 38.3 Å². The first-order valence-electron chi connectivity index (χ1n) is 11.1. The fourth-order valence-electron chi connectivity index (χ4n) is 3.74. The highest BCUT2D eigenvalue weighted by molar-refractivity contribution is 6.04. The van der Waals surface area contributed by atoms with Gasteiger partial charge in [-0.15, -0.1) is 0 Å². The molecule has 0 saturated heterocycles. The summed E-state index contributed by atoms with van der Waals surface area (Å²) < 4.78 is 41.9. The summed E-state index contributed by atoms with van der Waals surface area (Å²) in [5, 5.41) is 10.4. The van der Waals surface area contributed by atoms with Gasteiger partial charge in [-0.05, 0) is 55.8 Å². The smallest absolute Gasteiger partial charge is 0.322 e. The van der Waals surface area contributed by atoms with Crippen molar-refractivity contribution in [1.82, 2.24) is 24.7 Å². The Morgan fingerprint density at radius 2 is 1.92 bits per heavy atom. The van der Waals surface area contributed by atoms with Crippen LogP contribution in [-0.2, 0) is 6.18 Å². The van der Waals surface area contributed by atoms with Gasteiger partial charge in [0.15, 0.2) is 5.65 Å². The topological polar surface area (TPSA) is 88.5 Å². The van der Waals surface area contributed by atoms with Crippen LogP contribution in [0.4, 0.5) is 18.9 Å². The largest absolute Gasteiger partial charge is 0.416 e. The minimum atomic E-state index is -4.59. The van der Waals surface area contributed by atoms with Crippen molar-refractivity contribution in [2.75, 3.05) is 5.32 Å². The highest BCUT2D eigenvalue weighted by Crippen LogP contribution is 2.33. The number of nitrogens with zero attached hydrogens (tertiary/aromatic N) is 4. The number of amides is 1. The van der Waals surface area contributed by atoms with Crippen LogP contribution in [0.5, 0.6) is 0 Å². The second-order valence-corrected chi connectivity index (χ2v) is 8.41. The number of H-pyrrole nitrogens is 1. The van der Waals surface area contributed by atoms with Crippen LogP contribution < -0.4 is 5.32 Å². The van der Waals surface area contributed by atoms with Crippen LogP contribution in [0.15, 0.2) is 67.4 Å². The number of alkyl halides is 3. The number of aromatic amines is 1. The normalized spacial score (nSPS) is 11.3. The first kappa shape index (κ1) is 23.8. The van der Waals surface area contributed by atoms with Gasteiger partial charge in [-0.1, -0.05) is 17.9 Å². The molecule has 0 radical (unpaired) electrons. The number of carbonyl (C=O) groups excluding carboxylic acids is 1. The molecule has 5 aromatic rings. The molecule has 3 heterocycles. The number of aromatic nitrogens is 5. The van der Waals surface area contributed by atoms with Gasteiger partial charge < -0.3 is 9.88 Å². The quantitative estimate of drug-likeness (QED) is 0.323. The van der Waals surface area contributed by atoms with E-state index in [-0.39, 0.29) is 16.9 Å². The van der Waals surface area contributed by atoms with Crippen molar-refractivity contribution >= 4 is 22.6 Å². The van der Waals surface area contributed by atoms with Crippen molar-refractivity contribution in [1.29, 1.82) is 0 Å². The lowest BCUT2D eigenvalue weighted by Gasteiger charge is -2.14. The Balaban J connectivity index is 1.43. The van der Waals surface area contributed by atoms with Gasteiger partial charge in [0, 0.05) is 57.7 Å². The SMILES string of the molecule is Cc1ccc(C(=O)Nc2cc(-n3ccnc3)cc(C(F)(F)F)c2)cc1C#Cc1cnc2n[nH]c(C)c2c1. The first-order chi connectivity index (χ1) is 17.7. The van der Waals surface area contributed by atoms with Gasteiger partial charge in [-0.25, -0.2) is 9.97 Å². The molecule has 0 atom stereocenters. The lowest BCUT2D eigenvalue weighted by Crippen LogP contribution is -2.14. The van der Waals surface area contributed by atoms with E-state index in [9.17, 15) is 18.0 Å². The number of aryl methyl sites for hydroxylation is 2. The molecular weight excluding hydrogens is 481 g/mol. The second kappa shape index (κ2) is 9.28. The summed E-state index contributed by atoms with van der Waals surface area (Å²) >= 11 is 0. The van der Waals surface area contributed by atoms with E-state index in [0.29, 0.717) is 16.8 Å². The van der Waals surface area contributed by atoms with Crippen molar-refractivity contribution in [3.8, 4) is 17.5 Å².